The van der Waals surface area contributed by atoms with Crippen LogP contribution in [0, 0.1) is 0 Å². The lowest BCUT2D eigenvalue weighted by Gasteiger charge is -2.07. The fourth-order valence-electron chi connectivity index (χ4n) is 1.86. The highest BCUT2D eigenvalue weighted by Crippen LogP contribution is 2.12. The zero-order valence-electron chi connectivity index (χ0n) is 14.8. The van der Waals surface area contributed by atoms with Crippen molar-refractivity contribution in [2.24, 2.45) is 0 Å². The number of carbonyl (C=O) groups excluding carboxylic acids is 1. The van der Waals surface area contributed by atoms with Gasteiger partial charge in [0.1, 0.15) is 19.8 Å². The molecule has 0 N–H and O–H groups in total. The number of pyridine rings is 2. The van der Waals surface area contributed by atoms with Crippen LogP contribution in [0.3, 0.4) is 0 Å². The lowest BCUT2D eigenvalue weighted by molar-refractivity contribution is 0.0471. The van der Waals surface area contributed by atoms with Crippen molar-refractivity contribution >= 4 is 5.97 Å². The molecule has 2 aromatic rings. The summed E-state index contributed by atoms with van der Waals surface area (Å²) in [7, 11) is 3.19. The summed E-state index contributed by atoms with van der Waals surface area (Å²) in [5.41, 5.74) is 1.10. The Balaban J connectivity index is 1.78. The largest absolute Gasteiger partial charge is 0.475 e. The quantitative estimate of drug-likeness (QED) is 0.442. The number of nitrogens with zero attached hydrogens (tertiary/aromatic N) is 2. The van der Waals surface area contributed by atoms with Gasteiger partial charge in [0.05, 0.1) is 18.8 Å². The fourth-order valence-corrected chi connectivity index (χ4v) is 1.86. The van der Waals surface area contributed by atoms with Crippen LogP contribution >= 0.6 is 0 Å². The van der Waals surface area contributed by atoms with E-state index >= 15 is 0 Å². The zero-order chi connectivity index (χ0) is 18.6. The highest BCUT2D eigenvalue weighted by Gasteiger charge is 2.09. The van der Waals surface area contributed by atoms with Crippen molar-refractivity contribution in [1.29, 1.82) is 0 Å². The molecule has 8 heteroatoms. The molecule has 2 aromatic heterocycles. The standard InChI is InChI=1S/C18H22N2O6/c1-22-7-9-24-16-5-3-14(11-19-16)13-26-18(21)15-4-6-17(20-12-15)25-10-8-23-2/h3-6,11-12H,7-10,13H2,1-2H3. The first-order valence-electron chi connectivity index (χ1n) is 8.04. The van der Waals surface area contributed by atoms with E-state index in [0.717, 1.165) is 5.56 Å². The summed E-state index contributed by atoms with van der Waals surface area (Å²) in [6, 6.07) is 6.71. The summed E-state index contributed by atoms with van der Waals surface area (Å²) < 4.78 is 25.7. The highest BCUT2D eigenvalue weighted by molar-refractivity contribution is 5.89. The second-order valence-electron chi connectivity index (χ2n) is 5.15. The molecule has 0 saturated carbocycles. The smallest absolute Gasteiger partial charge is 0.340 e. The maximum atomic E-state index is 12.0. The van der Waals surface area contributed by atoms with Crippen molar-refractivity contribution in [2.45, 2.75) is 6.61 Å². The van der Waals surface area contributed by atoms with Crippen molar-refractivity contribution < 1.29 is 28.5 Å². The normalized spacial score (nSPS) is 10.4. The third-order valence-electron chi connectivity index (χ3n) is 3.21. The van der Waals surface area contributed by atoms with E-state index in [-0.39, 0.29) is 6.61 Å². The summed E-state index contributed by atoms with van der Waals surface area (Å²) in [4.78, 5) is 20.2. The molecule has 0 aliphatic heterocycles. The average Bonchev–Trinajstić information content (AvgIpc) is 2.68. The van der Waals surface area contributed by atoms with E-state index in [4.69, 9.17) is 23.7 Å². The second-order valence-corrected chi connectivity index (χ2v) is 5.15. The zero-order valence-corrected chi connectivity index (χ0v) is 14.8. The van der Waals surface area contributed by atoms with Crippen LogP contribution in [0.1, 0.15) is 15.9 Å². The van der Waals surface area contributed by atoms with Gasteiger partial charge in [0.2, 0.25) is 11.8 Å². The van der Waals surface area contributed by atoms with E-state index in [9.17, 15) is 4.79 Å². The molecule has 0 aromatic carbocycles. The topological polar surface area (TPSA) is 89.0 Å². The molecule has 0 bridgehead atoms. The van der Waals surface area contributed by atoms with E-state index in [0.29, 0.717) is 43.8 Å². The lowest BCUT2D eigenvalue weighted by atomic mass is 10.3. The van der Waals surface area contributed by atoms with Crippen molar-refractivity contribution in [2.75, 3.05) is 40.6 Å². The molecule has 0 unspecified atom stereocenters. The molecule has 0 saturated heterocycles. The van der Waals surface area contributed by atoms with Gasteiger partial charge in [-0.15, -0.1) is 0 Å². The first kappa shape index (κ1) is 19.6. The Hall–Kier alpha value is -2.71. The lowest BCUT2D eigenvalue weighted by Crippen LogP contribution is -2.08. The highest BCUT2D eigenvalue weighted by atomic mass is 16.5. The first-order valence-corrected chi connectivity index (χ1v) is 8.04. The number of hydrogen-bond acceptors (Lipinski definition) is 8. The van der Waals surface area contributed by atoms with E-state index < -0.39 is 5.97 Å². The average molecular weight is 362 g/mol. The SMILES string of the molecule is COCCOc1ccc(COC(=O)c2ccc(OCCOC)nc2)cn1. The Morgan fingerprint density at radius 3 is 1.96 bits per heavy atom. The minimum absolute atomic E-state index is 0.107. The molecule has 0 aliphatic carbocycles. The summed E-state index contributed by atoms with van der Waals surface area (Å²) >= 11 is 0. The summed E-state index contributed by atoms with van der Waals surface area (Å²) in [6.45, 7) is 1.89. The maximum absolute atomic E-state index is 12.0. The maximum Gasteiger partial charge on any atom is 0.340 e. The van der Waals surface area contributed by atoms with E-state index in [1.165, 1.54) is 6.20 Å². The van der Waals surface area contributed by atoms with Crippen LogP contribution in [0.2, 0.25) is 0 Å². The Morgan fingerprint density at radius 2 is 1.46 bits per heavy atom. The molecule has 2 rings (SSSR count). The van der Waals surface area contributed by atoms with Gasteiger partial charge >= 0.3 is 5.97 Å². The Morgan fingerprint density at radius 1 is 0.846 bits per heavy atom. The Bertz CT molecular complexity index is 660. The van der Waals surface area contributed by atoms with Crippen molar-refractivity contribution in [3.8, 4) is 11.8 Å². The fraction of sp³-hybridized carbons (Fsp3) is 0.389. The third-order valence-corrected chi connectivity index (χ3v) is 3.21. The first-order chi connectivity index (χ1) is 12.7. The molecule has 2 heterocycles. The van der Waals surface area contributed by atoms with Crippen molar-refractivity contribution in [1.82, 2.24) is 9.97 Å². The van der Waals surface area contributed by atoms with Gasteiger partial charge in [-0.1, -0.05) is 0 Å². The van der Waals surface area contributed by atoms with Crippen LogP contribution in [-0.2, 0) is 20.8 Å². The van der Waals surface area contributed by atoms with Gasteiger partial charge in [-0.05, 0) is 12.1 Å². The molecule has 0 amide bonds. The van der Waals surface area contributed by atoms with Crippen LogP contribution in [0.15, 0.2) is 36.7 Å². The monoisotopic (exact) mass is 362 g/mol. The number of carbonyl (C=O) groups is 1. The predicted octanol–water partition coefficient (Wildman–Crippen LogP) is 1.88. The van der Waals surface area contributed by atoms with Gasteiger partial charge in [0.15, 0.2) is 0 Å². The van der Waals surface area contributed by atoms with Gasteiger partial charge < -0.3 is 23.7 Å². The van der Waals surface area contributed by atoms with Gasteiger partial charge in [0.25, 0.3) is 0 Å². The van der Waals surface area contributed by atoms with Gasteiger partial charge in [0, 0.05) is 44.3 Å². The van der Waals surface area contributed by atoms with Gasteiger partial charge in [-0.2, -0.15) is 0 Å². The summed E-state index contributed by atoms with van der Waals surface area (Å²) in [5.74, 6) is 0.443. The Kier molecular flexibility index (Phi) is 8.31. The number of hydrogen-bond donors (Lipinski definition) is 0. The third kappa shape index (κ3) is 6.66. The number of rotatable bonds is 11. The van der Waals surface area contributed by atoms with E-state index in [1.54, 1.807) is 44.7 Å². The van der Waals surface area contributed by atoms with Gasteiger partial charge in [-0.3, -0.25) is 0 Å². The molecular weight excluding hydrogens is 340 g/mol. The molecule has 8 nitrogen and oxygen atoms in total. The van der Waals surface area contributed by atoms with Crippen molar-refractivity contribution in [3.05, 3.63) is 47.8 Å². The molecule has 0 radical (unpaired) electrons. The number of aromatic nitrogens is 2. The van der Waals surface area contributed by atoms with Crippen LogP contribution in [-0.4, -0.2) is 56.6 Å². The predicted molar refractivity (Wildman–Crippen MR) is 92.3 cm³/mol. The number of esters is 1. The molecule has 26 heavy (non-hydrogen) atoms. The van der Waals surface area contributed by atoms with Crippen LogP contribution in [0.4, 0.5) is 0 Å². The molecule has 0 spiro atoms. The van der Waals surface area contributed by atoms with E-state index in [1.807, 2.05) is 0 Å². The number of ether oxygens (including phenoxy) is 5. The summed E-state index contributed by atoms with van der Waals surface area (Å²) in [6.07, 6.45) is 3.01. The molecule has 0 aliphatic rings. The Labute approximate surface area is 152 Å². The van der Waals surface area contributed by atoms with Crippen LogP contribution in [0.5, 0.6) is 11.8 Å². The minimum atomic E-state index is -0.471. The molecule has 140 valence electrons. The van der Waals surface area contributed by atoms with Crippen molar-refractivity contribution in [3.63, 3.8) is 0 Å². The van der Waals surface area contributed by atoms with Gasteiger partial charge in [-0.25, -0.2) is 14.8 Å². The number of methoxy groups -OCH3 is 2. The minimum Gasteiger partial charge on any atom is -0.475 e. The van der Waals surface area contributed by atoms with Crippen LogP contribution in [0.25, 0.3) is 0 Å². The molecule has 0 atom stereocenters. The summed E-state index contributed by atoms with van der Waals surface area (Å²) in [5, 5.41) is 0. The van der Waals surface area contributed by atoms with E-state index in [2.05, 4.69) is 9.97 Å². The second kappa shape index (κ2) is 11.0. The van der Waals surface area contributed by atoms with Crippen LogP contribution < -0.4 is 9.47 Å². The molecular formula is C18H22N2O6. The molecule has 0 fully saturated rings.